The van der Waals surface area contributed by atoms with E-state index in [9.17, 15) is 4.79 Å². The molecule has 2 aromatic rings. The molecular formula is C15H24ClN5O. The molecule has 1 unspecified atom stereocenters. The van der Waals surface area contributed by atoms with Crippen LogP contribution in [0.1, 0.15) is 25.7 Å². The van der Waals surface area contributed by atoms with Crippen LogP contribution in [0.2, 0.25) is 0 Å². The van der Waals surface area contributed by atoms with Crippen LogP contribution in [0, 0.1) is 0 Å². The summed E-state index contributed by atoms with van der Waals surface area (Å²) in [5.74, 6) is 0. The van der Waals surface area contributed by atoms with Crippen LogP contribution in [0.5, 0.6) is 0 Å². The molecule has 122 valence electrons. The minimum atomic E-state index is -0.0574. The van der Waals surface area contributed by atoms with Crippen molar-refractivity contribution in [2.45, 2.75) is 38.3 Å². The molecule has 2 N–H and O–H groups in total. The first-order valence-electron chi connectivity index (χ1n) is 7.78. The summed E-state index contributed by atoms with van der Waals surface area (Å²) >= 11 is 0. The lowest BCUT2D eigenvalue weighted by Gasteiger charge is -2.35. The van der Waals surface area contributed by atoms with Crippen LogP contribution >= 0.6 is 12.4 Å². The van der Waals surface area contributed by atoms with Crippen LogP contribution in [-0.2, 0) is 6.54 Å². The number of nitrogens with zero attached hydrogens (tertiary/aromatic N) is 4. The van der Waals surface area contributed by atoms with Crippen LogP contribution in [0.25, 0.3) is 5.65 Å². The number of piperidine rings is 1. The molecule has 3 heterocycles. The van der Waals surface area contributed by atoms with Gasteiger partial charge in [0.2, 0.25) is 0 Å². The van der Waals surface area contributed by atoms with E-state index < -0.39 is 0 Å². The van der Waals surface area contributed by atoms with Gasteiger partial charge in [0.05, 0.1) is 6.54 Å². The number of halogens is 1. The lowest BCUT2D eigenvalue weighted by atomic mass is 9.99. The number of aromatic nitrogens is 3. The fourth-order valence-corrected chi connectivity index (χ4v) is 3.21. The molecule has 1 fully saturated rings. The van der Waals surface area contributed by atoms with Crippen molar-refractivity contribution in [3.8, 4) is 0 Å². The molecule has 0 bridgehead atoms. The van der Waals surface area contributed by atoms with E-state index in [1.165, 1.54) is 19.3 Å². The Kier molecular flexibility index (Phi) is 5.99. The Balaban J connectivity index is 0.00000176. The molecule has 22 heavy (non-hydrogen) atoms. The highest BCUT2D eigenvalue weighted by atomic mass is 35.5. The summed E-state index contributed by atoms with van der Waals surface area (Å²) in [5.41, 5.74) is 6.36. The van der Waals surface area contributed by atoms with Crippen molar-refractivity contribution in [2.75, 3.05) is 19.6 Å². The van der Waals surface area contributed by atoms with Crippen LogP contribution in [0.15, 0.2) is 29.2 Å². The van der Waals surface area contributed by atoms with Crippen molar-refractivity contribution >= 4 is 18.1 Å². The van der Waals surface area contributed by atoms with Gasteiger partial charge in [0, 0.05) is 18.8 Å². The largest absolute Gasteiger partial charge is 0.350 e. The molecule has 1 saturated heterocycles. The van der Waals surface area contributed by atoms with Gasteiger partial charge in [-0.1, -0.05) is 12.5 Å². The third-order valence-electron chi connectivity index (χ3n) is 4.34. The topological polar surface area (TPSA) is 68.6 Å². The first-order chi connectivity index (χ1) is 10.3. The molecule has 3 rings (SSSR count). The molecular weight excluding hydrogens is 302 g/mol. The summed E-state index contributed by atoms with van der Waals surface area (Å²) in [6.07, 6.45) is 6.55. The number of rotatable bonds is 5. The standard InChI is InChI=1S/C15H23N5O.ClH/c16-8-7-13-5-1-3-9-18(13)11-12-20-15(21)19-10-4-2-6-14(19)17-20;/h2,4,6,10,13H,1,3,5,7-9,11-12,16H2;1H. The predicted molar refractivity (Wildman–Crippen MR) is 89.6 cm³/mol. The van der Waals surface area contributed by atoms with Gasteiger partial charge in [-0.2, -0.15) is 0 Å². The molecule has 1 atom stereocenters. The Hall–Kier alpha value is -1.37. The normalized spacial score (nSPS) is 19.2. The first-order valence-corrected chi connectivity index (χ1v) is 7.78. The van der Waals surface area contributed by atoms with E-state index in [0.29, 0.717) is 18.2 Å². The fraction of sp³-hybridized carbons (Fsp3) is 0.600. The van der Waals surface area contributed by atoms with Crippen LogP contribution in [0.3, 0.4) is 0 Å². The Morgan fingerprint density at radius 3 is 2.91 bits per heavy atom. The molecule has 0 amide bonds. The molecule has 6 nitrogen and oxygen atoms in total. The molecule has 0 aromatic carbocycles. The van der Waals surface area contributed by atoms with Gasteiger partial charge in [0.1, 0.15) is 0 Å². The lowest BCUT2D eigenvalue weighted by molar-refractivity contribution is 0.135. The van der Waals surface area contributed by atoms with Gasteiger partial charge in [0.15, 0.2) is 5.65 Å². The van der Waals surface area contributed by atoms with Crippen molar-refractivity contribution in [2.24, 2.45) is 5.73 Å². The lowest BCUT2D eigenvalue weighted by Crippen LogP contribution is -2.43. The molecule has 0 saturated carbocycles. The third kappa shape index (κ3) is 3.51. The fourth-order valence-electron chi connectivity index (χ4n) is 3.21. The van der Waals surface area contributed by atoms with Gasteiger partial charge in [-0.15, -0.1) is 17.5 Å². The maximum atomic E-state index is 12.2. The van der Waals surface area contributed by atoms with E-state index in [0.717, 1.165) is 26.1 Å². The Labute approximate surface area is 136 Å². The maximum absolute atomic E-state index is 12.2. The summed E-state index contributed by atoms with van der Waals surface area (Å²) in [4.78, 5) is 14.7. The summed E-state index contributed by atoms with van der Waals surface area (Å²) < 4.78 is 3.16. The minimum absolute atomic E-state index is 0. The molecule has 7 heteroatoms. The van der Waals surface area contributed by atoms with E-state index in [2.05, 4.69) is 10.00 Å². The molecule has 1 aliphatic heterocycles. The number of nitrogens with two attached hydrogens (primary N) is 1. The highest BCUT2D eigenvalue weighted by molar-refractivity contribution is 5.85. The maximum Gasteiger partial charge on any atom is 0.350 e. The number of hydrogen-bond acceptors (Lipinski definition) is 4. The Morgan fingerprint density at radius 2 is 2.14 bits per heavy atom. The number of likely N-dealkylation sites (tertiary alicyclic amines) is 1. The van der Waals surface area contributed by atoms with Gasteiger partial charge in [0.25, 0.3) is 0 Å². The number of hydrogen-bond donors (Lipinski definition) is 1. The van der Waals surface area contributed by atoms with E-state index in [1.807, 2.05) is 18.2 Å². The molecule has 0 spiro atoms. The third-order valence-corrected chi connectivity index (χ3v) is 4.34. The van der Waals surface area contributed by atoms with Crippen molar-refractivity contribution in [3.05, 3.63) is 34.9 Å². The number of fused-ring (bicyclic) bond motifs is 1. The second kappa shape index (κ2) is 7.76. The monoisotopic (exact) mass is 325 g/mol. The quantitative estimate of drug-likeness (QED) is 0.894. The zero-order chi connectivity index (χ0) is 14.7. The van der Waals surface area contributed by atoms with Crippen LogP contribution in [0.4, 0.5) is 0 Å². The summed E-state index contributed by atoms with van der Waals surface area (Å²) in [5, 5.41) is 4.38. The first kappa shape index (κ1) is 17.0. The Morgan fingerprint density at radius 1 is 1.27 bits per heavy atom. The van der Waals surface area contributed by atoms with Gasteiger partial charge in [-0.05, 0) is 44.5 Å². The minimum Gasteiger partial charge on any atom is -0.330 e. The second-order valence-electron chi connectivity index (χ2n) is 5.70. The van der Waals surface area contributed by atoms with Crippen LogP contribution < -0.4 is 11.4 Å². The average molecular weight is 326 g/mol. The van der Waals surface area contributed by atoms with Gasteiger partial charge >= 0.3 is 5.69 Å². The molecule has 0 aliphatic carbocycles. The van der Waals surface area contributed by atoms with Gasteiger partial charge in [-0.3, -0.25) is 9.30 Å². The SMILES string of the molecule is Cl.NCCC1CCCCN1CCn1nc2ccccn2c1=O. The van der Waals surface area contributed by atoms with E-state index >= 15 is 0 Å². The smallest absolute Gasteiger partial charge is 0.330 e. The van der Waals surface area contributed by atoms with Crippen molar-refractivity contribution in [3.63, 3.8) is 0 Å². The number of pyridine rings is 1. The van der Waals surface area contributed by atoms with E-state index in [1.54, 1.807) is 15.3 Å². The zero-order valence-corrected chi connectivity index (χ0v) is 13.5. The van der Waals surface area contributed by atoms with E-state index in [4.69, 9.17) is 5.73 Å². The predicted octanol–water partition coefficient (Wildman–Crippen LogP) is 1.12. The summed E-state index contributed by atoms with van der Waals surface area (Å²) in [6, 6.07) is 6.17. The summed E-state index contributed by atoms with van der Waals surface area (Å²) in [7, 11) is 0. The van der Waals surface area contributed by atoms with Crippen molar-refractivity contribution < 1.29 is 0 Å². The highest BCUT2D eigenvalue weighted by Crippen LogP contribution is 2.18. The van der Waals surface area contributed by atoms with Crippen LogP contribution in [-0.4, -0.2) is 44.8 Å². The van der Waals surface area contributed by atoms with Gasteiger partial charge in [-0.25, -0.2) is 9.48 Å². The average Bonchev–Trinajstić information content (AvgIpc) is 2.84. The Bertz CT molecular complexity index is 651. The molecule has 0 radical (unpaired) electrons. The van der Waals surface area contributed by atoms with Crippen molar-refractivity contribution in [1.82, 2.24) is 19.1 Å². The molecule has 1 aliphatic rings. The van der Waals surface area contributed by atoms with E-state index in [-0.39, 0.29) is 18.1 Å². The zero-order valence-electron chi connectivity index (χ0n) is 12.7. The van der Waals surface area contributed by atoms with Crippen molar-refractivity contribution in [1.29, 1.82) is 0 Å². The summed E-state index contributed by atoms with van der Waals surface area (Å²) in [6.45, 7) is 3.35. The molecule has 2 aromatic heterocycles. The second-order valence-corrected chi connectivity index (χ2v) is 5.70. The highest BCUT2D eigenvalue weighted by Gasteiger charge is 2.21. The van der Waals surface area contributed by atoms with Gasteiger partial charge < -0.3 is 5.73 Å².